The van der Waals surface area contributed by atoms with E-state index in [0.717, 1.165) is 0 Å². The molecule has 3 nitrogen and oxygen atoms in total. The van der Waals surface area contributed by atoms with Crippen molar-refractivity contribution in [3.8, 4) is 6.07 Å². The summed E-state index contributed by atoms with van der Waals surface area (Å²) in [4.78, 5) is 11.9. The molecule has 0 bridgehead atoms. The molecule has 72 valence electrons. The van der Waals surface area contributed by atoms with Crippen molar-refractivity contribution in [1.82, 2.24) is 5.32 Å². The largest absolute Gasteiger partial charge is 0.310 e. The lowest BCUT2D eigenvalue weighted by Crippen LogP contribution is -2.21. The summed E-state index contributed by atoms with van der Waals surface area (Å²) in [7, 11) is 0. The van der Waals surface area contributed by atoms with Gasteiger partial charge in [-0.3, -0.25) is 4.79 Å². The Bertz CT molecular complexity index is 401. The van der Waals surface area contributed by atoms with Crippen molar-refractivity contribution in [3.05, 3.63) is 32.6 Å². The van der Waals surface area contributed by atoms with Gasteiger partial charge >= 0.3 is 0 Å². The van der Waals surface area contributed by atoms with Gasteiger partial charge in [-0.2, -0.15) is 5.26 Å². The second-order valence-corrected chi connectivity index (χ2v) is 4.08. The first kappa shape index (κ1) is 11.1. The lowest BCUT2D eigenvalue weighted by atomic mass is 10.4. The molecule has 0 saturated heterocycles. The van der Waals surface area contributed by atoms with Crippen LogP contribution in [-0.4, -0.2) is 5.91 Å². The van der Waals surface area contributed by atoms with E-state index in [1.165, 1.54) is 11.3 Å². The van der Waals surface area contributed by atoms with E-state index in [1.807, 2.05) is 0 Å². The molecule has 0 saturated carbocycles. The number of rotatable bonds is 2. The number of nitrogens with zero attached hydrogens (tertiary/aromatic N) is 1. The second kappa shape index (κ2) is 5.01. The minimum atomic E-state index is -0.393. The van der Waals surface area contributed by atoms with Crippen LogP contribution < -0.4 is 5.32 Å². The maximum Gasteiger partial charge on any atom is 0.266 e. The molecule has 0 aromatic carbocycles. The molecule has 1 rings (SSSR count). The highest BCUT2D eigenvalue weighted by atomic mass is 35.5. The number of hydrogen-bond acceptors (Lipinski definition) is 3. The number of allylic oxidation sites excluding steroid dienone is 1. The van der Waals surface area contributed by atoms with E-state index in [0.29, 0.717) is 4.88 Å². The summed E-state index contributed by atoms with van der Waals surface area (Å²) in [6, 6.07) is 5.05. The number of carbonyl (C=O) groups is 1. The van der Waals surface area contributed by atoms with Crippen LogP contribution in [0.15, 0.2) is 27.7 Å². The summed E-state index contributed by atoms with van der Waals surface area (Å²) in [5, 5.41) is 12.6. The van der Waals surface area contributed by atoms with Gasteiger partial charge in [-0.1, -0.05) is 29.3 Å². The van der Waals surface area contributed by atoms with E-state index in [2.05, 4.69) is 5.32 Å². The summed E-state index contributed by atoms with van der Waals surface area (Å²) in [5.41, 5.74) is -0.147. The summed E-state index contributed by atoms with van der Waals surface area (Å²) >= 11 is 12.0. The van der Waals surface area contributed by atoms with Crippen molar-refractivity contribution in [1.29, 1.82) is 5.26 Å². The van der Waals surface area contributed by atoms with E-state index in [-0.39, 0.29) is 10.2 Å². The van der Waals surface area contributed by atoms with Crippen LogP contribution in [-0.2, 0) is 0 Å². The number of nitrogens with one attached hydrogen (secondary N) is 1. The first-order valence-electron chi connectivity index (χ1n) is 3.45. The van der Waals surface area contributed by atoms with Crippen LogP contribution in [0.4, 0.5) is 0 Å². The maximum absolute atomic E-state index is 11.4. The molecule has 0 atom stereocenters. The fourth-order valence-electron chi connectivity index (χ4n) is 0.700. The van der Waals surface area contributed by atoms with E-state index in [1.54, 1.807) is 23.6 Å². The van der Waals surface area contributed by atoms with Gasteiger partial charge < -0.3 is 5.32 Å². The predicted molar refractivity (Wildman–Crippen MR) is 56.1 cm³/mol. The van der Waals surface area contributed by atoms with Gasteiger partial charge in [-0.25, -0.2) is 0 Å². The Morgan fingerprint density at radius 3 is 2.71 bits per heavy atom. The molecule has 0 spiro atoms. The number of carbonyl (C=O) groups excluding carboxylic acids is 1. The molecule has 14 heavy (non-hydrogen) atoms. The SMILES string of the molecule is N#CC(NC(=O)c1cccs1)=C(Cl)Cl. The molecule has 1 N–H and O–H groups in total. The van der Waals surface area contributed by atoms with Crippen LogP contribution in [0.1, 0.15) is 9.67 Å². The van der Waals surface area contributed by atoms with Gasteiger partial charge in [0.15, 0.2) is 5.70 Å². The Morgan fingerprint density at radius 1 is 1.57 bits per heavy atom. The Labute approximate surface area is 94.6 Å². The fraction of sp³-hybridized carbons (Fsp3) is 0. The zero-order chi connectivity index (χ0) is 10.6. The third-order valence-electron chi connectivity index (χ3n) is 1.28. The molecule has 0 aliphatic rings. The summed E-state index contributed by atoms with van der Waals surface area (Å²) in [6.45, 7) is 0. The average molecular weight is 247 g/mol. The molecule has 1 amide bonds. The van der Waals surface area contributed by atoms with E-state index >= 15 is 0 Å². The molecular formula is C8H4Cl2N2OS. The predicted octanol–water partition coefficient (Wildman–Crippen LogP) is 2.65. The number of halogens is 2. The van der Waals surface area contributed by atoms with E-state index in [4.69, 9.17) is 28.5 Å². The lowest BCUT2D eigenvalue weighted by Gasteiger charge is -2.00. The van der Waals surface area contributed by atoms with Crippen LogP contribution in [0.2, 0.25) is 0 Å². The van der Waals surface area contributed by atoms with Crippen LogP contribution in [0.25, 0.3) is 0 Å². The van der Waals surface area contributed by atoms with Crippen molar-refractivity contribution in [3.63, 3.8) is 0 Å². The van der Waals surface area contributed by atoms with Crippen molar-refractivity contribution in [2.45, 2.75) is 0 Å². The van der Waals surface area contributed by atoms with Crippen LogP contribution in [0, 0.1) is 11.3 Å². The van der Waals surface area contributed by atoms with Gasteiger partial charge in [0, 0.05) is 0 Å². The zero-order valence-electron chi connectivity index (χ0n) is 6.75. The normalized spacial score (nSPS) is 8.93. The molecule has 0 unspecified atom stereocenters. The van der Waals surface area contributed by atoms with Crippen molar-refractivity contribution in [2.24, 2.45) is 0 Å². The molecular weight excluding hydrogens is 243 g/mol. The molecule has 0 aliphatic heterocycles. The first-order chi connectivity index (χ1) is 6.65. The molecule has 0 radical (unpaired) electrons. The molecule has 1 aromatic rings. The van der Waals surface area contributed by atoms with Crippen molar-refractivity contribution < 1.29 is 4.79 Å². The standard InChI is InChI=1S/C8H4Cl2N2OS/c9-7(10)5(4-11)12-8(13)6-2-1-3-14-6/h1-3H,(H,12,13). The topological polar surface area (TPSA) is 52.9 Å². The highest BCUT2D eigenvalue weighted by molar-refractivity contribution is 7.12. The maximum atomic E-state index is 11.4. The van der Waals surface area contributed by atoms with Crippen molar-refractivity contribution in [2.75, 3.05) is 0 Å². The molecule has 0 fully saturated rings. The third-order valence-corrected chi connectivity index (χ3v) is 2.53. The summed E-state index contributed by atoms with van der Waals surface area (Å²) in [5.74, 6) is -0.393. The quantitative estimate of drug-likeness (QED) is 0.816. The van der Waals surface area contributed by atoms with Crippen LogP contribution >= 0.6 is 34.5 Å². The number of nitriles is 1. The summed E-state index contributed by atoms with van der Waals surface area (Å²) < 4.78 is -0.252. The first-order valence-corrected chi connectivity index (χ1v) is 5.09. The zero-order valence-corrected chi connectivity index (χ0v) is 9.08. The fourth-order valence-corrected chi connectivity index (χ4v) is 1.50. The van der Waals surface area contributed by atoms with E-state index in [9.17, 15) is 4.79 Å². The average Bonchev–Trinajstić information content (AvgIpc) is 2.65. The number of amides is 1. The smallest absolute Gasteiger partial charge is 0.266 e. The second-order valence-electron chi connectivity index (χ2n) is 2.18. The molecule has 1 aromatic heterocycles. The molecule has 0 aliphatic carbocycles. The van der Waals surface area contributed by atoms with Gasteiger partial charge in [0.25, 0.3) is 5.91 Å². The van der Waals surface area contributed by atoms with Gasteiger partial charge in [-0.05, 0) is 11.4 Å². The third kappa shape index (κ3) is 2.74. The minimum absolute atomic E-state index is 0.147. The minimum Gasteiger partial charge on any atom is -0.310 e. The summed E-state index contributed by atoms with van der Waals surface area (Å²) in [6.07, 6.45) is 0. The Balaban J connectivity index is 2.77. The van der Waals surface area contributed by atoms with Gasteiger partial charge in [0.1, 0.15) is 10.6 Å². The Hall–Kier alpha value is -1.02. The van der Waals surface area contributed by atoms with Gasteiger partial charge in [0.2, 0.25) is 0 Å². The molecule has 1 heterocycles. The van der Waals surface area contributed by atoms with Crippen molar-refractivity contribution >= 4 is 40.4 Å². The Morgan fingerprint density at radius 2 is 2.29 bits per heavy atom. The lowest BCUT2D eigenvalue weighted by molar-refractivity contribution is 0.0971. The molecule has 6 heteroatoms. The number of hydrogen-bond donors (Lipinski definition) is 1. The highest BCUT2D eigenvalue weighted by Gasteiger charge is 2.10. The van der Waals surface area contributed by atoms with Gasteiger partial charge in [-0.15, -0.1) is 11.3 Å². The van der Waals surface area contributed by atoms with Crippen LogP contribution in [0.3, 0.4) is 0 Å². The van der Waals surface area contributed by atoms with Gasteiger partial charge in [0.05, 0.1) is 4.88 Å². The highest BCUT2D eigenvalue weighted by Crippen LogP contribution is 2.13. The van der Waals surface area contributed by atoms with Crippen LogP contribution in [0.5, 0.6) is 0 Å². The number of thiophene rings is 1. The Kier molecular flexibility index (Phi) is 3.96. The van der Waals surface area contributed by atoms with E-state index < -0.39 is 5.91 Å². The monoisotopic (exact) mass is 246 g/mol.